The Bertz CT molecular complexity index is 581. The molecule has 1 N–H and O–H groups in total. The van der Waals surface area contributed by atoms with Crippen LogP contribution >= 0.6 is 0 Å². The number of methoxy groups -OCH3 is 1. The van der Waals surface area contributed by atoms with Gasteiger partial charge in [0, 0.05) is 25.8 Å². The summed E-state index contributed by atoms with van der Waals surface area (Å²) in [6.07, 6.45) is 0.187. The van der Waals surface area contributed by atoms with Crippen LogP contribution in [-0.2, 0) is 24.4 Å². The van der Waals surface area contributed by atoms with Crippen LogP contribution in [0.3, 0.4) is 0 Å². The highest BCUT2D eigenvalue weighted by molar-refractivity contribution is 5.33. The van der Waals surface area contributed by atoms with Gasteiger partial charge in [0.25, 0.3) is 0 Å². The molecule has 0 aromatic heterocycles. The lowest BCUT2D eigenvalue weighted by molar-refractivity contribution is 0.185. The highest BCUT2D eigenvalue weighted by atomic mass is 16.5. The molecule has 3 nitrogen and oxygen atoms in total. The molecule has 118 valence electrons. The number of nitrogens with one attached hydrogen (secondary N) is 1. The van der Waals surface area contributed by atoms with Gasteiger partial charge in [-0.1, -0.05) is 42.5 Å². The fraction of sp³-hybridized carbons (Fsp3) is 0.368. The molecule has 0 saturated carbocycles. The van der Waals surface area contributed by atoms with Crippen LogP contribution in [0.15, 0.2) is 48.5 Å². The van der Waals surface area contributed by atoms with Gasteiger partial charge in [-0.2, -0.15) is 0 Å². The molecule has 0 saturated heterocycles. The van der Waals surface area contributed by atoms with Gasteiger partial charge in [0.15, 0.2) is 0 Å². The standard InChI is InChI=1S/C19H25NO2/c1-15(2)22-19-10-5-4-9-18(19)13-20-12-16-7-6-8-17(11-16)14-21-3/h4-11,15,20H,12-14H2,1-3H3. The second-order valence-corrected chi connectivity index (χ2v) is 5.63. The smallest absolute Gasteiger partial charge is 0.124 e. The minimum Gasteiger partial charge on any atom is -0.491 e. The van der Waals surface area contributed by atoms with Gasteiger partial charge < -0.3 is 14.8 Å². The van der Waals surface area contributed by atoms with Crippen LogP contribution in [0.25, 0.3) is 0 Å². The largest absolute Gasteiger partial charge is 0.491 e. The molecule has 3 heteroatoms. The quantitative estimate of drug-likeness (QED) is 0.801. The summed E-state index contributed by atoms with van der Waals surface area (Å²) >= 11 is 0. The van der Waals surface area contributed by atoms with Gasteiger partial charge in [0.1, 0.15) is 5.75 Å². The molecule has 2 aromatic rings. The van der Waals surface area contributed by atoms with Crippen molar-refractivity contribution in [2.45, 2.75) is 39.6 Å². The molecule has 0 aliphatic rings. The zero-order valence-electron chi connectivity index (χ0n) is 13.6. The number of benzene rings is 2. The van der Waals surface area contributed by atoms with E-state index in [9.17, 15) is 0 Å². The predicted molar refractivity (Wildman–Crippen MR) is 89.9 cm³/mol. The SMILES string of the molecule is COCc1cccc(CNCc2ccccc2OC(C)C)c1. The number of rotatable bonds is 8. The molecule has 0 amide bonds. The molecular weight excluding hydrogens is 274 g/mol. The molecule has 22 heavy (non-hydrogen) atoms. The van der Waals surface area contributed by atoms with E-state index in [2.05, 4.69) is 35.6 Å². The molecule has 0 bridgehead atoms. The molecule has 0 radical (unpaired) electrons. The van der Waals surface area contributed by atoms with Crippen molar-refractivity contribution in [1.82, 2.24) is 5.32 Å². The van der Waals surface area contributed by atoms with Crippen LogP contribution in [0, 0.1) is 0 Å². The molecule has 2 rings (SSSR count). The number of ether oxygens (including phenoxy) is 2. The van der Waals surface area contributed by atoms with Crippen LogP contribution in [0.5, 0.6) is 5.75 Å². The van der Waals surface area contributed by atoms with E-state index in [4.69, 9.17) is 9.47 Å². The Morgan fingerprint density at radius 1 is 0.955 bits per heavy atom. The first-order valence-corrected chi connectivity index (χ1v) is 7.71. The summed E-state index contributed by atoms with van der Waals surface area (Å²) in [5, 5.41) is 3.48. The zero-order valence-corrected chi connectivity index (χ0v) is 13.6. The van der Waals surface area contributed by atoms with Crippen LogP contribution in [0.4, 0.5) is 0 Å². The van der Waals surface area contributed by atoms with E-state index >= 15 is 0 Å². The van der Waals surface area contributed by atoms with Gasteiger partial charge in [-0.25, -0.2) is 0 Å². The van der Waals surface area contributed by atoms with Gasteiger partial charge in [-0.15, -0.1) is 0 Å². The predicted octanol–water partition coefficient (Wildman–Crippen LogP) is 3.91. The fourth-order valence-electron chi connectivity index (χ4n) is 2.36. The number of para-hydroxylation sites is 1. The van der Waals surface area contributed by atoms with Crippen molar-refractivity contribution in [2.75, 3.05) is 7.11 Å². The van der Waals surface area contributed by atoms with E-state index in [0.717, 1.165) is 18.8 Å². The van der Waals surface area contributed by atoms with Crippen molar-refractivity contribution >= 4 is 0 Å². The Kier molecular flexibility index (Phi) is 6.44. The molecule has 2 aromatic carbocycles. The normalized spacial score (nSPS) is 10.9. The fourth-order valence-corrected chi connectivity index (χ4v) is 2.36. The maximum absolute atomic E-state index is 5.84. The number of hydrogen-bond acceptors (Lipinski definition) is 3. The second-order valence-electron chi connectivity index (χ2n) is 5.63. The van der Waals surface area contributed by atoms with E-state index in [1.807, 2.05) is 32.0 Å². The molecule has 0 spiro atoms. The summed E-state index contributed by atoms with van der Waals surface area (Å²) in [6.45, 7) is 6.36. The monoisotopic (exact) mass is 299 g/mol. The Morgan fingerprint density at radius 2 is 1.73 bits per heavy atom. The van der Waals surface area contributed by atoms with Gasteiger partial charge in [-0.3, -0.25) is 0 Å². The van der Waals surface area contributed by atoms with Crippen molar-refractivity contribution < 1.29 is 9.47 Å². The minimum absolute atomic E-state index is 0.187. The first-order chi connectivity index (χ1) is 10.7. The summed E-state index contributed by atoms with van der Waals surface area (Å²) in [6, 6.07) is 16.6. The van der Waals surface area contributed by atoms with E-state index < -0.39 is 0 Å². The molecule has 0 heterocycles. The Hall–Kier alpha value is -1.84. The first kappa shape index (κ1) is 16.5. The maximum Gasteiger partial charge on any atom is 0.124 e. The lowest BCUT2D eigenvalue weighted by Crippen LogP contribution is -2.15. The highest BCUT2D eigenvalue weighted by Gasteiger charge is 2.04. The maximum atomic E-state index is 5.84. The van der Waals surface area contributed by atoms with E-state index in [1.54, 1.807) is 7.11 Å². The summed E-state index contributed by atoms with van der Waals surface area (Å²) in [4.78, 5) is 0. The Morgan fingerprint density at radius 3 is 2.50 bits per heavy atom. The molecular formula is C19H25NO2. The third-order valence-corrected chi connectivity index (χ3v) is 3.28. The topological polar surface area (TPSA) is 30.5 Å². The molecule has 0 atom stereocenters. The number of hydrogen-bond donors (Lipinski definition) is 1. The third kappa shape index (κ3) is 5.17. The van der Waals surface area contributed by atoms with Gasteiger partial charge >= 0.3 is 0 Å². The van der Waals surface area contributed by atoms with Gasteiger partial charge in [0.05, 0.1) is 12.7 Å². The molecule has 0 aliphatic heterocycles. The van der Waals surface area contributed by atoms with Crippen LogP contribution in [0.2, 0.25) is 0 Å². The van der Waals surface area contributed by atoms with Crippen molar-refractivity contribution in [2.24, 2.45) is 0 Å². The van der Waals surface area contributed by atoms with Crippen molar-refractivity contribution in [3.8, 4) is 5.75 Å². The highest BCUT2D eigenvalue weighted by Crippen LogP contribution is 2.19. The van der Waals surface area contributed by atoms with Crippen LogP contribution in [0.1, 0.15) is 30.5 Å². The second kappa shape index (κ2) is 8.57. The minimum atomic E-state index is 0.187. The van der Waals surface area contributed by atoms with E-state index in [-0.39, 0.29) is 6.10 Å². The Labute approximate surface area is 133 Å². The third-order valence-electron chi connectivity index (χ3n) is 3.28. The van der Waals surface area contributed by atoms with Crippen molar-refractivity contribution in [1.29, 1.82) is 0 Å². The zero-order chi connectivity index (χ0) is 15.8. The van der Waals surface area contributed by atoms with Gasteiger partial charge in [-0.05, 0) is 31.0 Å². The lowest BCUT2D eigenvalue weighted by Gasteiger charge is -2.14. The van der Waals surface area contributed by atoms with E-state index in [1.165, 1.54) is 16.7 Å². The summed E-state index contributed by atoms with van der Waals surface area (Å²) < 4.78 is 11.0. The molecule has 0 aliphatic carbocycles. The van der Waals surface area contributed by atoms with Crippen molar-refractivity contribution in [3.05, 3.63) is 65.2 Å². The average molecular weight is 299 g/mol. The van der Waals surface area contributed by atoms with Crippen LogP contribution in [-0.4, -0.2) is 13.2 Å². The van der Waals surface area contributed by atoms with Gasteiger partial charge in [0.2, 0.25) is 0 Å². The first-order valence-electron chi connectivity index (χ1n) is 7.71. The molecule has 0 unspecified atom stereocenters. The van der Waals surface area contributed by atoms with E-state index in [0.29, 0.717) is 6.61 Å². The summed E-state index contributed by atoms with van der Waals surface area (Å²) in [5.74, 6) is 0.957. The summed E-state index contributed by atoms with van der Waals surface area (Å²) in [7, 11) is 1.72. The van der Waals surface area contributed by atoms with Crippen LogP contribution < -0.4 is 10.1 Å². The average Bonchev–Trinajstić information content (AvgIpc) is 2.49. The molecule has 0 fully saturated rings. The Balaban J connectivity index is 1.92. The summed E-state index contributed by atoms with van der Waals surface area (Å²) in [5.41, 5.74) is 3.64. The van der Waals surface area contributed by atoms with Crippen molar-refractivity contribution in [3.63, 3.8) is 0 Å². The lowest BCUT2D eigenvalue weighted by atomic mass is 10.1.